The first kappa shape index (κ1) is 14.7. The average Bonchev–Trinajstić information content (AvgIpc) is 2.85. The lowest BCUT2D eigenvalue weighted by molar-refractivity contribution is 0.273. The lowest BCUT2D eigenvalue weighted by Crippen LogP contribution is -2.20. The highest BCUT2D eigenvalue weighted by atomic mass is 19.1. The maximum Gasteiger partial charge on any atom is 0.209 e. The molecule has 0 aliphatic heterocycles. The van der Waals surface area contributed by atoms with Crippen molar-refractivity contribution < 1.29 is 8.81 Å². The van der Waals surface area contributed by atoms with Crippen molar-refractivity contribution in [1.29, 1.82) is 0 Å². The van der Waals surface area contributed by atoms with Crippen molar-refractivity contribution in [1.82, 2.24) is 9.88 Å². The first-order valence-electron chi connectivity index (χ1n) is 6.94. The van der Waals surface area contributed by atoms with Gasteiger partial charge in [0.2, 0.25) is 5.89 Å². The van der Waals surface area contributed by atoms with Crippen LogP contribution in [0.3, 0.4) is 0 Å². The van der Waals surface area contributed by atoms with Gasteiger partial charge in [-0.15, -0.1) is 0 Å². The summed E-state index contributed by atoms with van der Waals surface area (Å²) in [6, 6.07) is 6.24. The molecule has 108 valence electrons. The van der Waals surface area contributed by atoms with Crippen LogP contribution in [-0.2, 0) is 6.54 Å². The van der Waals surface area contributed by atoms with Crippen LogP contribution in [0.5, 0.6) is 0 Å². The molecule has 0 radical (unpaired) electrons. The summed E-state index contributed by atoms with van der Waals surface area (Å²) in [6.07, 6.45) is 2.85. The Hall–Kier alpha value is -1.68. The van der Waals surface area contributed by atoms with Gasteiger partial charge in [0.05, 0.1) is 12.7 Å². The first-order chi connectivity index (χ1) is 9.54. The molecule has 0 unspecified atom stereocenters. The molecule has 20 heavy (non-hydrogen) atoms. The van der Waals surface area contributed by atoms with Gasteiger partial charge in [-0.25, -0.2) is 9.37 Å². The minimum Gasteiger partial charge on any atom is -0.439 e. The Bertz CT molecular complexity index is 534. The van der Waals surface area contributed by atoms with E-state index in [-0.39, 0.29) is 5.82 Å². The molecule has 0 spiro atoms. The number of hydrogen-bond acceptors (Lipinski definition) is 3. The van der Waals surface area contributed by atoms with E-state index in [0.717, 1.165) is 18.5 Å². The normalized spacial score (nSPS) is 11.5. The molecule has 0 N–H and O–H groups in total. The topological polar surface area (TPSA) is 29.3 Å². The largest absolute Gasteiger partial charge is 0.439 e. The van der Waals surface area contributed by atoms with Gasteiger partial charge in [0, 0.05) is 5.56 Å². The molecular formula is C16H21FN2O. The SMILES string of the molecule is CC(C)CCN(C)Cc1ncc(-c2ccc(F)cc2)o1. The molecule has 0 atom stereocenters. The van der Waals surface area contributed by atoms with Gasteiger partial charge < -0.3 is 4.42 Å². The molecule has 1 aromatic carbocycles. The minimum atomic E-state index is -0.248. The van der Waals surface area contributed by atoms with Gasteiger partial charge in [-0.2, -0.15) is 0 Å². The van der Waals surface area contributed by atoms with Crippen LogP contribution in [0.2, 0.25) is 0 Å². The Balaban J connectivity index is 1.96. The predicted octanol–water partition coefficient (Wildman–Crippen LogP) is 3.96. The summed E-state index contributed by atoms with van der Waals surface area (Å²) in [5.74, 6) is 1.81. The van der Waals surface area contributed by atoms with E-state index in [2.05, 4.69) is 30.8 Å². The van der Waals surface area contributed by atoms with Crippen molar-refractivity contribution in [2.45, 2.75) is 26.8 Å². The maximum atomic E-state index is 12.9. The number of oxazole rings is 1. The summed E-state index contributed by atoms with van der Waals surface area (Å²) >= 11 is 0. The predicted molar refractivity (Wildman–Crippen MR) is 77.7 cm³/mol. The van der Waals surface area contributed by atoms with E-state index >= 15 is 0 Å². The number of hydrogen-bond donors (Lipinski definition) is 0. The van der Waals surface area contributed by atoms with Crippen molar-refractivity contribution in [3.05, 3.63) is 42.2 Å². The Morgan fingerprint density at radius 3 is 2.60 bits per heavy atom. The third-order valence-electron chi connectivity index (χ3n) is 3.18. The second kappa shape index (κ2) is 6.66. The van der Waals surface area contributed by atoms with Gasteiger partial charge in [-0.1, -0.05) is 13.8 Å². The van der Waals surface area contributed by atoms with Crippen LogP contribution in [0.15, 0.2) is 34.9 Å². The van der Waals surface area contributed by atoms with Crippen LogP contribution in [0.25, 0.3) is 11.3 Å². The molecule has 4 heteroatoms. The smallest absolute Gasteiger partial charge is 0.209 e. The first-order valence-corrected chi connectivity index (χ1v) is 6.94. The summed E-state index contributed by atoms with van der Waals surface area (Å²) in [6.45, 7) is 6.14. The number of rotatable bonds is 6. The van der Waals surface area contributed by atoms with Crippen LogP contribution in [-0.4, -0.2) is 23.5 Å². The van der Waals surface area contributed by atoms with E-state index in [4.69, 9.17) is 4.42 Å². The molecular weight excluding hydrogens is 255 g/mol. The zero-order valence-corrected chi connectivity index (χ0v) is 12.3. The standard InChI is InChI=1S/C16H21FN2O/c1-12(2)8-9-19(3)11-16-18-10-15(20-16)13-4-6-14(17)7-5-13/h4-7,10,12H,8-9,11H2,1-3H3. The maximum absolute atomic E-state index is 12.9. The highest BCUT2D eigenvalue weighted by Crippen LogP contribution is 2.21. The van der Waals surface area contributed by atoms with Gasteiger partial charge in [-0.3, -0.25) is 4.90 Å². The Morgan fingerprint density at radius 1 is 1.25 bits per heavy atom. The Kier molecular flexibility index (Phi) is 4.90. The van der Waals surface area contributed by atoms with E-state index in [1.807, 2.05) is 0 Å². The molecule has 0 bridgehead atoms. The highest BCUT2D eigenvalue weighted by molar-refractivity contribution is 5.55. The molecule has 0 saturated heterocycles. The summed E-state index contributed by atoms with van der Waals surface area (Å²) in [4.78, 5) is 6.47. The number of benzene rings is 1. The van der Waals surface area contributed by atoms with Crippen molar-refractivity contribution in [2.24, 2.45) is 5.92 Å². The molecule has 0 saturated carbocycles. The minimum absolute atomic E-state index is 0.248. The third-order valence-corrected chi connectivity index (χ3v) is 3.18. The number of aromatic nitrogens is 1. The Morgan fingerprint density at radius 2 is 1.95 bits per heavy atom. The average molecular weight is 276 g/mol. The summed E-state index contributed by atoms with van der Waals surface area (Å²) in [7, 11) is 2.06. The molecule has 3 nitrogen and oxygen atoms in total. The van der Waals surface area contributed by atoms with Crippen LogP contribution >= 0.6 is 0 Å². The van der Waals surface area contributed by atoms with Gasteiger partial charge in [-0.05, 0) is 50.2 Å². The number of halogens is 1. The second-order valence-corrected chi connectivity index (χ2v) is 5.55. The molecule has 0 aliphatic carbocycles. The van der Waals surface area contributed by atoms with Gasteiger partial charge >= 0.3 is 0 Å². The van der Waals surface area contributed by atoms with E-state index in [1.165, 1.54) is 12.1 Å². The van der Waals surface area contributed by atoms with Crippen molar-refractivity contribution >= 4 is 0 Å². The lowest BCUT2D eigenvalue weighted by Gasteiger charge is -2.15. The lowest BCUT2D eigenvalue weighted by atomic mass is 10.1. The van der Waals surface area contributed by atoms with Crippen LogP contribution in [0.1, 0.15) is 26.2 Å². The molecule has 0 amide bonds. The van der Waals surface area contributed by atoms with E-state index < -0.39 is 0 Å². The molecule has 0 fully saturated rings. The molecule has 0 aliphatic rings. The van der Waals surface area contributed by atoms with Gasteiger partial charge in [0.25, 0.3) is 0 Å². The molecule has 2 aromatic rings. The number of nitrogens with zero attached hydrogens (tertiary/aromatic N) is 2. The van der Waals surface area contributed by atoms with Crippen LogP contribution in [0, 0.1) is 11.7 Å². The monoisotopic (exact) mass is 276 g/mol. The quantitative estimate of drug-likeness (QED) is 0.799. The van der Waals surface area contributed by atoms with Crippen molar-refractivity contribution in [3.63, 3.8) is 0 Å². The van der Waals surface area contributed by atoms with Crippen LogP contribution in [0.4, 0.5) is 4.39 Å². The fourth-order valence-corrected chi connectivity index (χ4v) is 1.92. The van der Waals surface area contributed by atoms with Crippen molar-refractivity contribution in [3.8, 4) is 11.3 Å². The fourth-order valence-electron chi connectivity index (χ4n) is 1.92. The highest BCUT2D eigenvalue weighted by Gasteiger charge is 2.09. The van der Waals surface area contributed by atoms with E-state index in [9.17, 15) is 4.39 Å². The molecule has 1 heterocycles. The van der Waals surface area contributed by atoms with Gasteiger partial charge in [0.1, 0.15) is 5.82 Å². The zero-order valence-electron chi connectivity index (χ0n) is 12.3. The van der Waals surface area contributed by atoms with Crippen LogP contribution < -0.4 is 0 Å². The third kappa shape index (κ3) is 4.17. The van der Waals surface area contributed by atoms with E-state index in [1.54, 1.807) is 18.3 Å². The fraction of sp³-hybridized carbons (Fsp3) is 0.438. The van der Waals surface area contributed by atoms with Gasteiger partial charge in [0.15, 0.2) is 5.76 Å². The zero-order chi connectivity index (χ0) is 14.5. The van der Waals surface area contributed by atoms with Crippen molar-refractivity contribution in [2.75, 3.05) is 13.6 Å². The summed E-state index contributed by atoms with van der Waals surface area (Å²) in [5, 5.41) is 0. The second-order valence-electron chi connectivity index (χ2n) is 5.55. The summed E-state index contributed by atoms with van der Waals surface area (Å²) < 4.78 is 18.6. The molecule has 1 aromatic heterocycles. The molecule has 2 rings (SSSR count). The van der Waals surface area contributed by atoms with E-state index in [0.29, 0.717) is 24.1 Å². The summed E-state index contributed by atoms with van der Waals surface area (Å²) in [5.41, 5.74) is 0.843. The Labute approximate surface area is 119 Å².